The second-order valence-electron chi connectivity index (χ2n) is 9.39. The number of carbonyl (C=O) groups excluding carboxylic acids is 1. The molecule has 5 rings (SSSR count). The van der Waals surface area contributed by atoms with E-state index in [1.807, 2.05) is 29.2 Å². The van der Waals surface area contributed by atoms with Crippen LogP contribution in [0.1, 0.15) is 28.2 Å². The van der Waals surface area contributed by atoms with E-state index in [1.54, 1.807) is 11.0 Å². The number of halogens is 3. The van der Waals surface area contributed by atoms with E-state index < -0.39 is 18.5 Å². The van der Waals surface area contributed by atoms with Crippen LogP contribution in [0.4, 0.5) is 23.4 Å². The van der Waals surface area contributed by atoms with Gasteiger partial charge in [0.2, 0.25) is 0 Å². The van der Waals surface area contributed by atoms with Gasteiger partial charge in [0.1, 0.15) is 6.61 Å². The average Bonchev–Trinajstić information content (AvgIpc) is 3.20. The molecule has 1 saturated heterocycles. The Balaban J connectivity index is 0.00000320. The van der Waals surface area contributed by atoms with Crippen LogP contribution in [0.2, 0.25) is 0 Å². The molecule has 2 aliphatic rings. The van der Waals surface area contributed by atoms with Crippen molar-refractivity contribution in [2.75, 3.05) is 37.7 Å². The van der Waals surface area contributed by atoms with Gasteiger partial charge in [0.15, 0.2) is 0 Å². The van der Waals surface area contributed by atoms with Crippen molar-refractivity contribution in [3.8, 4) is 11.1 Å². The minimum Gasteiger partial charge on any atom is -0.448 e. The minimum atomic E-state index is -5.14. The molecule has 3 aromatic carbocycles. The van der Waals surface area contributed by atoms with Crippen molar-refractivity contribution in [3.63, 3.8) is 0 Å². The van der Waals surface area contributed by atoms with E-state index in [9.17, 15) is 17.7 Å². The van der Waals surface area contributed by atoms with Crippen LogP contribution in [0.25, 0.3) is 11.1 Å². The summed E-state index contributed by atoms with van der Waals surface area (Å²) in [5, 5.41) is 0. The number of amides is 1. The number of rotatable bonds is 5. The van der Waals surface area contributed by atoms with Crippen molar-refractivity contribution in [1.82, 2.24) is 4.90 Å². The molecule has 3 aromatic rings. The van der Waals surface area contributed by atoms with E-state index in [-0.39, 0.29) is 76.0 Å². The zero-order chi connectivity index (χ0) is 25.4. The maximum atomic E-state index is 13.6. The van der Waals surface area contributed by atoms with Gasteiger partial charge in [-0.1, -0.05) is 60.2 Å². The second-order valence-corrected chi connectivity index (χ2v) is 9.39. The fraction of sp³-hybridized carbons (Fsp3) is 0.296. The Morgan fingerprint density at radius 2 is 1.54 bits per heavy atom. The number of fused-ring (bicyclic) bond motifs is 3. The number of nitrogens with two attached hydrogens (primary N) is 1. The first-order valence-electron chi connectivity index (χ1n) is 12.2. The Morgan fingerprint density at radius 1 is 0.973 bits per heavy atom. The van der Waals surface area contributed by atoms with E-state index in [1.165, 1.54) is 6.92 Å². The van der Waals surface area contributed by atoms with Crippen molar-refractivity contribution in [3.05, 3.63) is 82.9 Å². The molecule has 1 fully saturated rings. The third-order valence-electron chi connectivity index (χ3n) is 7.28. The average molecular weight is 533 g/mol. The fourth-order valence-electron chi connectivity index (χ4n) is 5.38. The molecule has 1 amide bonds. The molecule has 0 atom stereocenters. The number of ether oxygens (including phenoxy) is 1. The third-order valence-corrected chi connectivity index (χ3v) is 7.28. The largest absolute Gasteiger partial charge is 1.00 e. The Labute approximate surface area is 257 Å². The van der Waals surface area contributed by atoms with Gasteiger partial charge in [-0.25, -0.2) is 4.79 Å². The summed E-state index contributed by atoms with van der Waals surface area (Å²) >= 11 is 0. The Kier molecular flexibility index (Phi) is 8.77. The molecule has 2 N–H and O–H groups in total. The third kappa shape index (κ3) is 5.65. The quantitative estimate of drug-likeness (QED) is 0.507. The summed E-state index contributed by atoms with van der Waals surface area (Å²) in [7, 11) is 0. The molecule has 0 spiro atoms. The summed E-state index contributed by atoms with van der Waals surface area (Å²) in [6.45, 7) is -1.79. The van der Waals surface area contributed by atoms with Crippen LogP contribution < -0.4 is 67.5 Å². The van der Waals surface area contributed by atoms with Gasteiger partial charge in [-0.2, -0.15) is 0 Å². The molecule has 1 heterocycles. The van der Waals surface area contributed by atoms with Crippen molar-refractivity contribution in [2.45, 2.75) is 19.4 Å². The van der Waals surface area contributed by atoms with E-state index in [4.69, 9.17) is 10.5 Å². The van der Waals surface area contributed by atoms with Gasteiger partial charge in [-0.05, 0) is 40.8 Å². The van der Waals surface area contributed by atoms with Crippen molar-refractivity contribution in [1.29, 1.82) is 0 Å². The Bertz CT molecular complexity index is 1250. The van der Waals surface area contributed by atoms with Gasteiger partial charge >= 0.3 is 64.5 Å². The van der Waals surface area contributed by atoms with Crippen LogP contribution in [0.15, 0.2) is 60.7 Å². The molecule has 0 bridgehead atoms. The van der Waals surface area contributed by atoms with E-state index in [2.05, 4.69) is 24.3 Å². The van der Waals surface area contributed by atoms with Crippen LogP contribution in [-0.2, 0) is 11.3 Å². The molecule has 5 nitrogen and oxygen atoms in total. The topological polar surface area (TPSA) is 58.8 Å². The molecule has 0 saturated carbocycles. The number of piperazine rings is 1. The standard InChI is InChI=1S/C27H28BF3N3O2.K/c1-18-25(28(29,30)31)14-19(16-32)15-26(18)33-10-12-34(13-11-33)27(35)36-17-24-22-8-4-2-6-20(22)21-7-3-5-9-23(21)24;/h2-9,14-15,24H,10-13,16-17,32H2,1H3;/q-1;+1. The first kappa shape index (κ1) is 28.2. The number of benzene rings is 3. The SMILES string of the molecule is Cc1c(N2CCN(C(=O)OCC3c4ccccc4-c4ccccc43)CC2)cc(CN)cc1[B-](F)(F)F.[K+]. The van der Waals surface area contributed by atoms with Gasteiger partial charge in [0, 0.05) is 44.3 Å². The number of nitrogens with zero attached hydrogens (tertiary/aromatic N) is 2. The number of carbonyl (C=O) groups is 1. The molecule has 37 heavy (non-hydrogen) atoms. The molecular formula is C27H28BF3KN3O2. The van der Waals surface area contributed by atoms with Gasteiger partial charge in [-0.3, -0.25) is 0 Å². The summed E-state index contributed by atoms with van der Waals surface area (Å²) in [6, 6.07) is 19.2. The molecule has 10 heteroatoms. The van der Waals surface area contributed by atoms with Crippen molar-refractivity contribution < 1.29 is 73.9 Å². The van der Waals surface area contributed by atoms with Crippen molar-refractivity contribution >= 4 is 24.2 Å². The first-order valence-corrected chi connectivity index (χ1v) is 12.2. The zero-order valence-corrected chi connectivity index (χ0v) is 24.2. The Hall–Kier alpha value is -1.82. The normalized spacial score (nSPS) is 15.2. The smallest absolute Gasteiger partial charge is 0.448 e. The fourth-order valence-corrected chi connectivity index (χ4v) is 5.38. The van der Waals surface area contributed by atoms with E-state index >= 15 is 0 Å². The molecule has 1 aliphatic heterocycles. The summed E-state index contributed by atoms with van der Waals surface area (Å²) < 4.78 is 46.6. The second kappa shape index (κ2) is 11.5. The molecule has 0 unspecified atom stereocenters. The summed E-state index contributed by atoms with van der Waals surface area (Å²) in [5.41, 5.74) is 10.9. The zero-order valence-electron chi connectivity index (χ0n) is 21.1. The summed E-state index contributed by atoms with van der Waals surface area (Å²) in [4.78, 5) is 16.4. The van der Waals surface area contributed by atoms with Gasteiger partial charge in [-0.15, -0.1) is 5.46 Å². The monoisotopic (exact) mass is 533 g/mol. The van der Waals surface area contributed by atoms with Crippen LogP contribution in [-0.4, -0.2) is 50.8 Å². The molecular weight excluding hydrogens is 505 g/mol. The summed E-state index contributed by atoms with van der Waals surface area (Å²) in [6.07, 6.45) is -0.400. The number of hydrogen-bond donors (Lipinski definition) is 1. The van der Waals surface area contributed by atoms with E-state index in [0.717, 1.165) is 28.3 Å². The number of hydrogen-bond acceptors (Lipinski definition) is 4. The predicted octanol–water partition coefficient (Wildman–Crippen LogP) is 1.58. The molecule has 188 valence electrons. The Morgan fingerprint density at radius 3 is 2.08 bits per heavy atom. The first-order chi connectivity index (χ1) is 17.3. The predicted molar refractivity (Wildman–Crippen MR) is 137 cm³/mol. The molecule has 0 aromatic heterocycles. The van der Waals surface area contributed by atoms with Crippen LogP contribution in [0.3, 0.4) is 0 Å². The van der Waals surface area contributed by atoms with Crippen molar-refractivity contribution in [2.24, 2.45) is 5.73 Å². The molecule has 1 aliphatic carbocycles. The van der Waals surface area contributed by atoms with E-state index in [0.29, 0.717) is 37.4 Å². The van der Waals surface area contributed by atoms with Gasteiger partial charge < -0.3 is 33.2 Å². The van der Waals surface area contributed by atoms with Gasteiger partial charge in [0.05, 0.1) is 0 Å². The van der Waals surface area contributed by atoms with Crippen LogP contribution in [0.5, 0.6) is 0 Å². The minimum absolute atomic E-state index is 0. The summed E-state index contributed by atoms with van der Waals surface area (Å²) in [5.74, 6) is -0.0213. The number of anilines is 1. The molecule has 0 radical (unpaired) electrons. The maximum absolute atomic E-state index is 13.6. The van der Waals surface area contributed by atoms with Crippen LogP contribution in [0, 0.1) is 6.92 Å². The maximum Gasteiger partial charge on any atom is 1.00 e. The van der Waals surface area contributed by atoms with Crippen LogP contribution >= 0.6 is 0 Å². The van der Waals surface area contributed by atoms with Gasteiger partial charge in [0.25, 0.3) is 0 Å².